The summed E-state index contributed by atoms with van der Waals surface area (Å²) in [7, 11) is 0. The zero-order valence-electron chi connectivity index (χ0n) is 8.62. The van der Waals surface area contributed by atoms with E-state index in [4.69, 9.17) is 4.74 Å². The molecule has 15 heavy (non-hydrogen) atoms. The summed E-state index contributed by atoms with van der Waals surface area (Å²) < 4.78 is 5.40. The molecule has 3 nitrogen and oxygen atoms in total. The fourth-order valence-electron chi connectivity index (χ4n) is 1.78. The molecule has 1 fully saturated rings. The van der Waals surface area contributed by atoms with E-state index >= 15 is 0 Å². The van der Waals surface area contributed by atoms with Gasteiger partial charge < -0.3 is 10.1 Å². The molecule has 0 spiro atoms. The first kappa shape index (κ1) is 9.85. The van der Waals surface area contributed by atoms with Gasteiger partial charge in [0.15, 0.2) is 0 Å². The lowest BCUT2D eigenvalue weighted by atomic mass is 9.91. The van der Waals surface area contributed by atoms with Gasteiger partial charge in [0.2, 0.25) is 5.91 Å². The first-order valence-corrected chi connectivity index (χ1v) is 5.01. The molecule has 1 aliphatic heterocycles. The Morgan fingerprint density at radius 3 is 3.33 bits per heavy atom. The van der Waals surface area contributed by atoms with E-state index in [0.29, 0.717) is 12.5 Å². The van der Waals surface area contributed by atoms with Gasteiger partial charge in [0.1, 0.15) is 12.4 Å². The summed E-state index contributed by atoms with van der Waals surface area (Å²) in [6.45, 7) is 2.89. The van der Waals surface area contributed by atoms with Crippen molar-refractivity contribution in [1.82, 2.24) is 5.32 Å². The van der Waals surface area contributed by atoms with Crippen molar-refractivity contribution in [2.24, 2.45) is 11.8 Å². The van der Waals surface area contributed by atoms with Gasteiger partial charge in [0.05, 0.1) is 5.92 Å². The minimum atomic E-state index is -0.0559. The molecule has 2 atom stereocenters. The van der Waals surface area contributed by atoms with Crippen LogP contribution < -0.4 is 5.32 Å². The number of carbonyl (C=O) groups is 1. The van der Waals surface area contributed by atoms with Crippen LogP contribution in [0.2, 0.25) is 0 Å². The molecule has 1 aliphatic carbocycles. The van der Waals surface area contributed by atoms with Gasteiger partial charge in [0.25, 0.3) is 0 Å². The Labute approximate surface area is 89.2 Å². The predicted octanol–water partition coefficient (Wildman–Crippen LogP) is 0.842. The smallest absolute Gasteiger partial charge is 0.227 e. The summed E-state index contributed by atoms with van der Waals surface area (Å²) in [6.07, 6.45) is 5.82. The second-order valence-electron chi connectivity index (χ2n) is 3.58. The molecule has 1 heterocycles. The van der Waals surface area contributed by atoms with Crippen LogP contribution >= 0.6 is 0 Å². The van der Waals surface area contributed by atoms with Crippen LogP contribution in [-0.4, -0.2) is 19.1 Å². The first-order valence-electron chi connectivity index (χ1n) is 5.01. The molecule has 1 N–H and O–H groups in total. The van der Waals surface area contributed by atoms with Crippen molar-refractivity contribution in [3.05, 3.63) is 24.0 Å². The maximum Gasteiger partial charge on any atom is 0.227 e. The molecular formula is C12H13NO2. The minimum absolute atomic E-state index is 0.0559. The van der Waals surface area contributed by atoms with Gasteiger partial charge in [-0.05, 0) is 19.1 Å². The Kier molecular flexibility index (Phi) is 2.77. The number of fused-ring (bicyclic) bond motifs is 1. The Morgan fingerprint density at radius 1 is 1.67 bits per heavy atom. The van der Waals surface area contributed by atoms with Crippen molar-refractivity contribution in [1.29, 1.82) is 0 Å². The van der Waals surface area contributed by atoms with E-state index in [9.17, 15) is 4.79 Å². The van der Waals surface area contributed by atoms with Gasteiger partial charge in [-0.1, -0.05) is 12.0 Å². The normalized spacial score (nSPS) is 27.3. The highest BCUT2D eigenvalue weighted by molar-refractivity contribution is 5.83. The quantitative estimate of drug-likeness (QED) is 0.675. The maximum atomic E-state index is 11.4. The summed E-state index contributed by atoms with van der Waals surface area (Å²) in [4.78, 5) is 11.4. The maximum absolute atomic E-state index is 11.4. The van der Waals surface area contributed by atoms with Crippen molar-refractivity contribution < 1.29 is 9.53 Å². The third-order valence-electron chi connectivity index (χ3n) is 2.62. The molecule has 1 amide bonds. The average Bonchev–Trinajstić information content (AvgIpc) is 2.61. The van der Waals surface area contributed by atoms with Gasteiger partial charge in [-0.2, -0.15) is 0 Å². The molecule has 1 saturated heterocycles. The van der Waals surface area contributed by atoms with Crippen molar-refractivity contribution in [3.63, 3.8) is 0 Å². The number of ether oxygens (including phenoxy) is 1. The number of nitrogens with one attached hydrogen (secondary N) is 1. The molecule has 0 aromatic heterocycles. The van der Waals surface area contributed by atoms with Gasteiger partial charge in [-0.25, -0.2) is 0 Å². The van der Waals surface area contributed by atoms with Crippen molar-refractivity contribution in [3.8, 4) is 11.8 Å². The van der Waals surface area contributed by atoms with Gasteiger partial charge in [-0.15, -0.1) is 5.92 Å². The van der Waals surface area contributed by atoms with Crippen LogP contribution in [0.1, 0.15) is 6.92 Å². The zero-order chi connectivity index (χ0) is 10.7. The van der Waals surface area contributed by atoms with E-state index in [1.807, 2.05) is 18.2 Å². The van der Waals surface area contributed by atoms with Crippen molar-refractivity contribution >= 4 is 5.91 Å². The molecule has 0 aromatic rings. The molecule has 0 bridgehead atoms. The molecule has 78 valence electrons. The molecular weight excluding hydrogens is 190 g/mol. The second kappa shape index (κ2) is 4.22. The Morgan fingerprint density at radius 2 is 2.53 bits per heavy atom. The lowest BCUT2D eigenvalue weighted by Gasteiger charge is -2.15. The predicted molar refractivity (Wildman–Crippen MR) is 56.6 cm³/mol. The van der Waals surface area contributed by atoms with Crippen LogP contribution in [0.25, 0.3) is 0 Å². The Bertz CT molecular complexity index is 384. The molecule has 0 aromatic carbocycles. The van der Waals surface area contributed by atoms with Gasteiger partial charge in [-0.3, -0.25) is 4.79 Å². The standard InChI is InChI=1S/C12H13NO2/c1-2-3-6-15-10-5-4-9-8-13-12(14)11(9)7-10/h4-5,7,9,11H,6,8H2,1H3,(H,13,14). The van der Waals surface area contributed by atoms with Crippen LogP contribution in [0.15, 0.2) is 24.0 Å². The van der Waals surface area contributed by atoms with E-state index in [2.05, 4.69) is 17.2 Å². The molecule has 0 saturated carbocycles. The third kappa shape index (κ3) is 2.04. The summed E-state index contributed by atoms with van der Waals surface area (Å²) >= 11 is 0. The molecule has 0 radical (unpaired) electrons. The average molecular weight is 203 g/mol. The minimum Gasteiger partial charge on any atom is -0.481 e. The molecule has 2 rings (SSSR count). The fraction of sp³-hybridized carbons (Fsp3) is 0.417. The highest BCUT2D eigenvalue weighted by atomic mass is 16.5. The van der Waals surface area contributed by atoms with E-state index in [1.54, 1.807) is 6.92 Å². The third-order valence-corrected chi connectivity index (χ3v) is 2.62. The van der Waals surface area contributed by atoms with E-state index < -0.39 is 0 Å². The number of rotatable bonds is 2. The largest absolute Gasteiger partial charge is 0.481 e. The Hall–Kier alpha value is -1.69. The Balaban J connectivity index is 2.01. The second-order valence-corrected chi connectivity index (χ2v) is 3.58. The molecule has 2 unspecified atom stereocenters. The zero-order valence-corrected chi connectivity index (χ0v) is 8.62. The molecule has 2 aliphatic rings. The van der Waals surface area contributed by atoms with Crippen LogP contribution in [0.4, 0.5) is 0 Å². The van der Waals surface area contributed by atoms with Crippen LogP contribution in [-0.2, 0) is 9.53 Å². The number of hydrogen-bond acceptors (Lipinski definition) is 2. The summed E-state index contributed by atoms with van der Waals surface area (Å²) in [5.41, 5.74) is 0. The van der Waals surface area contributed by atoms with Crippen LogP contribution in [0.5, 0.6) is 0 Å². The first-order chi connectivity index (χ1) is 7.31. The lowest BCUT2D eigenvalue weighted by molar-refractivity contribution is -0.121. The van der Waals surface area contributed by atoms with Crippen LogP contribution in [0.3, 0.4) is 0 Å². The molecule has 3 heteroatoms. The fourth-order valence-corrected chi connectivity index (χ4v) is 1.78. The summed E-state index contributed by atoms with van der Waals surface area (Å²) in [6, 6.07) is 0. The van der Waals surface area contributed by atoms with E-state index in [1.165, 1.54) is 0 Å². The van der Waals surface area contributed by atoms with E-state index in [0.717, 1.165) is 12.3 Å². The number of hydrogen-bond donors (Lipinski definition) is 1. The lowest BCUT2D eigenvalue weighted by Crippen LogP contribution is -2.19. The van der Waals surface area contributed by atoms with Gasteiger partial charge >= 0.3 is 0 Å². The number of carbonyl (C=O) groups excluding carboxylic acids is 1. The highest BCUT2D eigenvalue weighted by Crippen LogP contribution is 2.27. The van der Waals surface area contributed by atoms with Crippen molar-refractivity contribution in [2.45, 2.75) is 6.92 Å². The topological polar surface area (TPSA) is 38.3 Å². The highest BCUT2D eigenvalue weighted by Gasteiger charge is 2.33. The van der Waals surface area contributed by atoms with Crippen LogP contribution in [0, 0.1) is 23.7 Å². The van der Waals surface area contributed by atoms with Crippen molar-refractivity contribution in [2.75, 3.05) is 13.2 Å². The number of amides is 1. The summed E-state index contributed by atoms with van der Waals surface area (Å²) in [5.74, 6) is 6.65. The summed E-state index contributed by atoms with van der Waals surface area (Å²) in [5, 5.41) is 2.83. The number of allylic oxidation sites excluding steroid dienone is 1. The SMILES string of the molecule is CC#CCOC1=CC2C(=O)NCC2C=C1. The monoisotopic (exact) mass is 203 g/mol. The van der Waals surface area contributed by atoms with E-state index in [-0.39, 0.29) is 11.8 Å². The van der Waals surface area contributed by atoms with Gasteiger partial charge in [0, 0.05) is 12.5 Å².